The minimum absolute atomic E-state index is 0.305. The standard InChI is InChI=1S/C13H23N3O4/c1-2-4-13(5-3-6-15-8-13)12(20)16-9(11(18)19)7-10(14)17/h9,15H,2-8H2,1H3,(H2,14,17)(H,16,20)(H,18,19). The van der Waals surface area contributed by atoms with Crippen molar-refractivity contribution in [3.63, 3.8) is 0 Å². The van der Waals surface area contributed by atoms with Gasteiger partial charge < -0.3 is 21.5 Å². The number of rotatable bonds is 7. The van der Waals surface area contributed by atoms with Crippen molar-refractivity contribution in [2.75, 3.05) is 13.1 Å². The first-order valence-electron chi connectivity index (χ1n) is 6.94. The number of hydrogen-bond donors (Lipinski definition) is 4. The second kappa shape index (κ2) is 7.23. The first kappa shape index (κ1) is 16.4. The molecule has 0 aromatic rings. The molecule has 0 saturated carbocycles. The van der Waals surface area contributed by atoms with Gasteiger partial charge in [0.2, 0.25) is 11.8 Å². The predicted octanol–water partition coefficient (Wildman–Crippen LogP) is -0.399. The van der Waals surface area contributed by atoms with Gasteiger partial charge in [-0.3, -0.25) is 9.59 Å². The van der Waals surface area contributed by atoms with Crippen molar-refractivity contribution in [1.29, 1.82) is 0 Å². The molecule has 0 aromatic heterocycles. The van der Waals surface area contributed by atoms with Gasteiger partial charge in [0, 0.05) is 6.54 Å². The maximum Gasteiger partial charge on any atom is 0.326 e. The van der Waals surface area contributed by atoms with Crippen molar-refractivity contribution < 1.29 is 19.5 Å². The summed E-state index contributed by atoms with van der Waals surface area (Å²) in [4.78, 5) is 34.4. The molecule has 1 fully saturated rings. The Balaban J connectivity index is 2.78. The van der Waals surface area contributed by atoms with E-state index in [1.54, 1.807) is 0 Å². The SMILES string of the molecule is CCCC1(C(=O)NC(CC(N)=O)C(=O)O)CCCNC1. The molecule has 114 valence electrons. The van der Waals surface area contributed by atoms with Crippen LogP contribution >= 0.6 is 0 Å². The highest BCUT2D eigenvalue weighted by Gasteiger charge is 2.40. The lowest BCUT2D eigenvalue weighted by Gasteiger charge is -2.36. The molecule has 1 rings (SSSR count). The Hall–Kier alpha value is -1.63. The van der Waals surface area contributed by atoms with Crippen molar-refractivity contribution in [3.05, 3.63) is 0 Å². The van der Waals surface area contributed by atoms with Crippen molar-refractivity contribution in [2.24, 2.45) is 11.1 Å². The zero-order chi connectivity index (χ0) is 15.2. The van der Waals surface area contributed by atoms with Gasteiger partial charge in [0.05, 0.1) is 11.8 Å². The van der Waals surface area contributed by atoms with Crippen LogP contribution in [-0.2, 0) is 14.4 Å². The average molecular weight is 285 g/mol. The second-order valence-electron chi connectivity index (χ2n) is 5.35. The largest absolute Gasteiger partial charge is 0.480 e. The van der Waals surface area contributed by atoms with Gasteiger partial charge in [-0.1, -0.05) is 13.3 Å². The van der Waals surface area contributed by atoms with Crippen molar-refractivity contribution in [2.45, 2.75) is 45.1 Å². The summed E-state index contributed by atoms with van der Waals surface area (Å²) in [5.74, 6) is -2.29. The summed E-state index contributed by atoms with van der Waals surface area (Å²) in [6.45, 7) is 3.39. The Morgan fingerprint density at radius 2 is 2.15 bits per heavy atom. The molecule has 7 nitrogen and oxygen atoms in total. The number of primary amides is 1. The fourth-order valence-corrected chi connectivity index (χ4v) is 2.68. The number of carbonyl (C=O) groups excluding carboxylic acids is 2. The van der Waals surface area contributed by atoms with Crippen LogP contribution in [0.4, 0.5) is 0 Å². The Kier molecular flexibility index (Phi) is 5.94. The topological polar surface area (TPSA) is 122 Å². The molecule has 0 radical (unpaired) electrons. The fourth-order valence-electron chi connectivity index (χ4n) is 2.68. The van der Waals surface area contributed by atoms with Gasteiger partial charge in [-0.2, -0.15) is 0 Å². The quantitative estimate of drug-likeness (QED) is 0.507. The summed E-state index contributed by atoms with van der Waals surface area (Å²) in [5.41, 5.74) is 4.43. The van der Waals surface area contributed by atoms with E-state index in [0.717, 1.165) is 25.8 Å². The number of nitrogens with one attached hydrogen (secondary N) is 2. The highest BCUT2D eigenvalue weighted by Crippen LogP contribution is 2.32. The lowest BCUT2D eigenvalue weighted by Crippen LogP contribution is -2.54. The van der Waals surface area contributed by atoms with Crippen LogP contribution < -0.4 is 16.4 Å². The summed E-state index contributed by atoms with van der Waals surface area (Å²) in [5, 5.41) is 14.7. The summed E-state index contributed by atoms with van der Waals surface area (Å²) < 4.78 is 0. The number of piperidine rings is 1. The van der Waals surface area contributed by atoms with E-state index in [0.29, 0.717) is 13.0 Å². The van der Waals surface area contributed by atoms with E-state index < -0.39 is 29.8 Å². The molecule has 2 atom stereocenters. The summed E-state index contributed by atoms with van der Waals surface area (Å²) in [7, 11) is 0. The Labute approximate surface area is 118 Å². The minimum atomic E-state index is -1.25. The maximum atomic E-state index is 12.4. The van der Waals surface area contributed by atoms with Crippen LogP contribution in [0.2, 0.25) is 0 Å². The van der Waals surface area contributed by atoms with Gasteiger partial charge in [-0.05, 0) is 25.8 Å². The van der Waals surface area contributed by atoms with Crippen LogP contribution in [0.5, 0.6) is 0 Å². The molecule has 1 aliphatic heterocycles. The molecule has 1 aliphatic rings. The molecular weight excluding hydrogens is 262 g/mol. The van der Waals surface area contributed by atoms with Crippen molar-refractivity contribution >= 4 is 17.8 Å². The molecule has 5 N–H and O–H groups in total. The fraction of sp³-hybridized carbons (Fsp3) is 0.769. The van der Waals surface area contributed by atoms with Crippen molar-refractivity contribution in [3.8, 4) is 0 Å². The number of carboxylic acid groups (broad SMARTS) is 1. The molecule has 1 saturated heterocycles. The molecule has 0 aromatic carbocycles. The number of aliphatic carboxylic acids is 1. The number of carbonyl (C=O) groups is 3. The van der Waals surface area contributed by atoms with E-state index in [2.05, 4.69) is 10.6 Å². The van der Waals surface area contributed by atoms with Gasteiger partial charge >= 0.3 is 5.97 Å². The third-order valence-electron chi connectivity index (χ3n) is 3.69. The lowest BCUT2D eigenvalue weighted by molar-refractivity contribution is -0.145. The Bertz CT molecular complexity index is 372. The van der Waals surface area contributed by atoms with Crippen LogP contribution in [0.25, 0.3) is 0 Å². The maximum absolute atomic E-state index is 12.4. The highest BCUT2D eigenvalue weighted by molar-refractivity contribution is 5.90. The monoisotopic (exact) mass is 285 g/mol. The molecule has 2 unspecified atom stereocenters. The summed E-state index contributed by atoms with van der Waals surface area (Å²) in [6, 6.07) is -1.25. The van der Waals surface area contributed by atoms with Crippen LogP contribution in [0.1, 0.15) is 39.0 Å². The van der Waals surface area contributed by atoms with Gasteiger partial charge in [-0.25, -0.2) is 4.79 Å². The molecule has 1 heterocycles. The van der Waals surface area contributed by atoms with E-state index in [4.69, 9.17) is 10.8 Å². The number of nitrogens with two attached hydrogens (primary N) is 1. The third kappa shape index (κ3) is 4.19. The third-order valence-corrected chi connectivity index (χ3v) is 3.69. The smallest absolute Gasteiger partial charge is 0.326 e. The average Bonchev–Trinajstić information content (AvgIpc) is 2.38. The molecule has 7 heteroatoms. The summed E-state index contributed by atoms with van der Waals surface area (Å²) in [6.07, 6.45) is 2.73. The first-order chi connectivity index (χ1) is 9.41. The molecule has 0 bridgehead atoms. The van der Waals surface area contributed by atoms with E-state index in [1.807, 2.05) is 6.92 Å². The highest BCUT2D eigenvalue weighted by atomic mass is 16.4. The van der Waals surface area contributed by atoms with Crippen LogP contribution in [0.15, 0.2) is 0 Å². The molecule has 20 heavy (non-hydrogen) atoms. The van der Waals surface area contributed by atoms with Gasteiger partial charge in [0.25, 0.3) is 0 Å². The van der Waals surface area contributed by atoms with E-state index in [9.17, 15) is 14.4 Å². The van der Waals surface area contributed by atoms with Gasteiger partial charge in [0.15, 0.2) is 0 Å². The zero-order valence-electron chi connectivity index (χ0n) is 11.8. The van der Waals surface area contributed by atoms with Crippen LogP contribution in [0, 0.1) is 5.41 Å². The van der Waals surface area contributed by atoms with E-state index >= 15 is 0 Å². The van der Waals surface area contributed by atoms with E-state index in [-0.39, 0.29) is 5.91 Å². The predicted molar refractivity (Wildman–Crippen MR) is 72.8 cm³/mol. The Morgan fingerprint density at radius 3 is 2.60 bits per heavy atom. The zero-order valence-corrected chi connectivity index (χ0v) is 11.8. The normalized spacial score (nSPS) is 23.9. The molecule has 0 spiro atoms. The minimum Gasteiger partial charge on any atom is -0.480 e. The van der Waals surface area contributed by atoms with Gasteiger partial charge in [-0.15, -0.1) is 0 Å². The molecule has 0 aliphatic carbocycles. The number of amides is 2. The first-order valence-corrected chi connectivity index (χ1v) is 6.94. The number of carboxylic acids is 1. The lowest BCUT2D eigenvalue weighted by atomic mass is 9.76. The van der Waals surface area contributed by atoms with Crippen LogP contribution in [-0.4, -0.2) is 42.0 Å². The van der Waals surface area contributed by atoms with E-state index in [1.165, 1.54) is 0 Å². The second-order valence-corrected chi connectivity index (χ2v) is 5.35. The van der Waals surface area contributed by atoms with Crippen molar-refractivity contribution in [1.82, 2.24) is 10.6 Å². The summed E-state index contributed by atoms with van der Waals surface area (Å²) >= 11 is 0. The molecule has 2 amide bonds. The Morgan fingerprint density at radius 1 is 1.45 bits per heavy atom. The number of hydrogen-bond acceptors (Lipinski definition) is 4. The van der Waals surface area contributed by atoms with Crippen LogP contribution in [0.3, 0.4) is 0 Å². The van der Waals surface area contributed by atoms with Gasteiger partial charge in [0.1, 0.15) is 6.04 Å². The molecular formula is C13H23N3O4.